The fourth-order valence-corrected chi connectivity index (χ4v) is 5.71. The molecule has 4 aliphatic rings. The Hall–Kier alpha value is -1.80. The van der Waals surface area contributed by atoms with Crippen molar-refractivity contribution in [1.29, 1.82) is 0 Å². The number of rotatable bonds is 5. The molecule has 0 bridgehead atoms. The monoisotopic (exact) mass is 423 g/mol. The molecular weight excluding hydrogens is 394 g/mol. The van der Waals surface area contributed by atoms with Crippen molar-refractivity contribution < 1.29 is 23.8 Å². The number of hydrogen-bond acceptors (Lipinski definition) is 6. The summed E-state index contributed by atoms with van der Waals surface area (Å²) in [6.07, 6.45) is -0.00375. The van der Waals surface area contributed by atoms with Gasteiger partial charge < -0.3 is 18.9 Å². The molecule has 6 atom stereocenters. The van der Waals surface area contributed by atoms with Crippen molar-refractivity contribution in [2.24, 2.45) is 5.92 Å². The summed E-state index contributed by atoms with van der Waals surface area (Å²) in [6.45, 7) is 5.80. The van der Waals surface area contributed by atoms with Crippen molar-refractivity contribution in [3.05, 3.63) is 71.8 Å². The van der Waals surface area contributed by atoms with Crippen molar-refractivity contribution in [3.63, 3.8) is 0 Å². The Bertz CT molecular complexity index is 922. The first-order valence-electron chi connectivity index (χ1n) is 11.2. The molecule has 0 aromatic heterocycles. The maximum absolute atomic E-state index is 6.73. The average molecular weight is 424 g/mol. The molecule has 31 heavy (non-hydrogen) atoms. The summed E-state index contributed by atoms with van der Waals surface area (Å²) in [4.78, 5) is 6.12. The molecule has 2 aromatic rings. The third kappa shape index (κ3) is 3.33. The molecule has 2 aromatic carbocycles. The Morgan fingerprint density at radius 3 is 2.39 bits per heavy atom. The highest BCUT2D eigenvalue weighted by atomic mass is 16.8. The Morgan fingerprint density at radius 1 is 0.935 bits per heavy atom. The molecule has 3 saturated heterocycles. The van der Waals surface area contributed by atoms with Gasteiger partial charge in [-0.25, -0.2) is 0 Å². The maximum Gasteiger partial charge on any atom is 0.190 e. The number of ether oxygens (including phenoxy) is 4. The lowest BCUT2D eigenvalue weighted by Crippen LogP contribution is -2.52. The van der Waals surface area contributed by atoms with E-state index in [1.54, 1.807) is 0 Å². The van der Waals surface area contributed by atoms with Crippen molar-refractivity contribution in [1.82, 2.24) is 5.06 Å². The number of fused-ring (bicyclic) bond motifs is 5. The lowest BCUT2D eigenvalue weighted by atomic mass is 9.92. The quantitative estimate of drug-likeness (QED) is 0.732. The zero-order valence-electron chi connectivity index (χ0n) is 18.0. The minimum atomic E-state index is -0.679. The molecule has 4 fully saturated rings. The van der Waals surface area contributed by atoms with E-state index in [0.29, 0.717) is 19.1 Å². The Morgan fingerprint density at radius 2 is 1.65 bits per heavy atom. The van der Waals surface area contributed by atoms with Gasteiger partial charge in [0.15, 0.2) is 12.1 Å². The first kappa shape index (κ1) is 19.9. The predicted molar refractivity (Wildman–Crippen MR) is 112 cm³/mol. The van der Waals surface area contributed by atoms with Crippen molar-refractivity contribution in [2.75, 3.05) is 6.61 Å². The molecule has 6 heteroatoms. The second-order valence-corrected chi connectivity index (χ2v) is 9.52. The largest absolute Gasteiger partial charge is 0.365 e. The van der Waals surface area contributed by atoms with E-state index in [4.69, 9.17) is 23.8 Å². The number of benzene rings is 2. The van der Waals surface area contributed by atoms with E-state index in [-0.39, 0.29) is 18.2 Å². The SMILES string of the molecule is CC1(C)O[C@H]2O[C@@H]3[C@@H]4[C@@H](CON4Cc4ccccc4)C[C@]3(OCc3ccccc3)[C@H]2O1. The zero-order valence-corrected chi connectivity index (χ0v) is 18.0. The minimum absolute atomic E-state index is 0.108. The van der Waals surface area contributed by atoms with Crippen LogP contribution in [0.4, 0.5) is 0 Å². The summed E-state index contributed by atoms with van der Waals surface area (Å²) in [5.74, 6) is -0.348. The second-order valence-electron chi connectivity index (χ2n) is 9.52. The number of nitrogens with zero attached hydrogens (tertiary/aromatic N) is 1. The molecule has 1 saturated carbocycles. The summed E-state index contributed by atoms with van der Waals surface area (Å²) < 4.78 is 25.7. The van der Waals surface area contributed by atoms with Gasteiger partial charge in [0, 0.05) is 12.5 Å². The highest BCUT2D eigenvalue weighted by Crippen LogP contribution is 2.56. The predicted octanol–water partition coefficient (Wildman–Crippen LogP) is 3.65. The average Bonchev–Trinajstić information content (AvgIpc) is 3.45. The molecule has 6 rings (SSSR count). The topological polar surface area (TPSA) is 49.4 Å². The smallest absolute Gasteiger partial charge is 0.190 e. The molecule has 0 unspecified atom stereocenters. The molecule has 1 aliphatic carbocycles. The second kappa shape index (κ2) is 7.37. The first-order chi connectivity index (χ1) is 15.0. The molecule has 0 N–H and O–H groups in total. The van der Waals surface area contributed by atoms with Crippen LogP contribution in [0.15, 0.2) is 60.7 Å². The fraction of sp³-hybridized carbons (Fsp3) is 0.520. The highest BCUT2D eigenvalue weighted by Gasteiger charge is 2.72. The van der Waals surface area contributed by atoms with Crippen molar-refractivity contribution >= 4 is 0 Å². The Balaban J connectivity index is 1.29. The van der Waals surface area contributed by atoms with Crippen molar-refractivity contribution in [3.8, 4) is 0 Å². The Labute approximate surface area is 182 Å². The van der Waals surface area contributed by atoms with E-state index in [1.165, 1.54) is 5.56 Å². The maximum atomic E-state index is 6.73. The summed E-state index contributed by atoms with van der Waals surface area (Å²) in [6, 6.07) is 20.8. The number of hydrogen-bond donors (Lipinski definition) is 0. The fourth-order valence-electron chi connectivity index (χ4n) is 5.71. The van der Waals surface area contributed by atoms with Crippen LogP contribution in [0.25, 0.3) is 0 Å². The van der Waals surface area contributed by atoms with Crippen LogP contribution in [0.1, 0.15) is 31.4 Å². The van der Waals surface area contributed by atoms with Crippen LogP contribution in [0.3, 0.4) is 0 Å². The summed E-state index contributed by atoms with van der Waals surface area (Å²) in [5, 5.41) is 2.09. The van der Waals surface area contributed by atoms with Gasteiger partial charge >= 0.3 is 0 Å². The van der Waals surface area contributed by atoms with E-state index >= 15 is 0 Å². The van der Waals surface area contributed by atoms with Gasteiger partial charge in [-0.15, -0.1) is 0 Å². The van der Waals surface area contributed by atoms with Crippen LogP contribution in [0.2, 0.25) is 0 Å². The molecule has 3 heterocycles. The molecule has 0 radical (unpaired) electrons. The normalized spacial score (nSPS) is 38.2. The highest BCUT2D eigenvalue weighted by molar-refractivity contribution is 5.21. The van der Waals surface area contributed by atoms with Crippen LogP contribution in [0, 0.1) is 5.92 Å². The Kier molecular flexibility index (Phi) is 4.72. The standard InChI is InChI=1S/C25H29NO5/c1-24(2)30-22-23(31-24)29-21-20-19(16-28-26(20)14-17-9-5-3-6-10-17)13-25(21,22)27-15-18-11-7-4-8-12-18/h3-12,19-23H,13-16H2,1-2H3/t19-,20+,21-,22+,23-,25-/m1/s1. The van der Waals surface area contributed by atoms with Gasteiger partial charge in [0.2, 0.25) is 0 Å². The summed E-state index contributed by atoms with van der Waals surface area (Å²) in [5.41, 5.74) is 1.81. The van der Waals surface area contributed by atoms with Gasteiger partial charge in [0.05, 0.1) is 19.3 Å². The van der Waals surface area contributed by atoms with Crippen LogP contribution in [-0.4, -0.2) is 47.6 Å². The van der Waals surface area contributed by atoms with E-state index in [2.05, 4.69) is 41.5 Å². The van der Waals surface area contributed by atoms with E-state index in [0.717, 1.165) is 18.5 Å². The van der Waals surface area contributed by atoms with E-state index in [1.807, 2.05) is 38.1 Å². The molecule has 164 valence electrons. The van der Waals surface area contributed by atoms with Gasteiger partial charge in [-0.05, 0) is 31.4 Å². The molecule has 0 amide bonds. The minimum Gasteiger partial charge on any atom is -0.365 e. The van der Waals surface area contributed by atoms with E-state index < -0.39 is 17.7 Å². The summed E-state index contributed by atoms with van der Waals surface area (Å²) in [7, 11) is 0. The van der Waals surface area contributed by atoms with E-state index in [9.17, 15) is 0 Å². The molecule has 3 aliphatic heterocycles. The van der Waals surface area contributed by atoms with Gasteiger partial charge in [0.25, 0.3) is 0 Å². The van der Waals surface area contributed by atoms with Crippen molar-refractivity contribution in [2.45, 2.75) is 69.3 Å². The molecule has 6 nitrogen and oxygen atoms in total. The third-order valence-electron chi connectivity index (χ3n) is 6.99. The van der Waals surface area contributed by atoms with Gasteiger partial charge in [-0.3, -0.25) is 4.84 Å². The first-order valence-corrected chi connectivity index (χ1v) is 11.2. The third-order valence-corrected chi connectivity index (χ3v) is 6.99. The summed E-state index contributed by atoms with van der Waals surface area (Å²) >= 11 is 0. The molecular formula is C25H29NO5. The van der Waals surface area contributed by atoms with Crippen LogP contribution in [-0.2, 0) is 36.9 Å². The van der Waals surface area contributed by atoms with Gasteiger partial charge in [-0.2, -0.15) is 5.06 Å². The van der Waals surface area contributed by atoms with Crippen LogP contribution in [0.5, 0.6) is 0 Å². The zero-order chi connectivity index (χ0) is 21.1. The van der Waals surface area contributed by atoms with Crippen LogP contribution < -0.4 is 0 Å². The molecule has 0 spiro atoms. The van der Waals surface area contributed by atoms with Crippen LogP contribution >= 0.6 is 0 Å². The number of hydroxylamine groups is 2. The van der Waals surface area contributed by atoms with Gasteiger partial charge in [0.1, 0.15) is 17.8 Å². The lowest BCUT2D eigenvalue weighted by molar-refractivity contribution is -0.251. The lowest BCUT2D eigenvalue weighted by Gasteiger charge is -2.36. The van der Waals surface area contributed by atoms with Gasteiger partial charge in [-0.1, -0.05) is 60.7 Å².